The predicted octanol–water partition coefficient (Wildman–Crippen LogP) is 1.41. The van der Waals surface area contributed by atoms with Crippen LogP contribution in [0.25, 0.3) is 11.1 Å². The first-order valence-electron chi connectivity index (χ1n) is 14.1. The van der Waals surface area contributed by atoms with E-state index >= 15 is 0 Å². The third kappa shape index (κ3) is 10.8. The Morgan fingerprint density at radius 2 is 1.60 bits per heavy atom. The number of hydrogen-bond donors (Lipinski definition) is 2. The number of amides is 1. The minimum absolute atomic E-state index is 0.0535. The molecule has 2 aromatic heterocycles. The topological polar surface area (TPSA) is 175 Å². The number of nitrogens with zero attached hydrogens (tertiary/aromatic N) is 3. The second-order valence-corrected chi connectivity index (χ2v) is 9.79. The third-order valence-electron chi connectivity index (χ3n) is 6.35. The largest absolute Gasteiger partial charge is 0.494 e. The van der Waals surface area contributed by atoms with Crippen LogP contribution in [-0.2, 0) is 37.2 Å². The zero-order valence-corrected chi connectivity index (χ0v) is 26.2. The number of methoxy groups -OCH3 is 2. The van der Waals surface area contributed by atoms with Crippen molar-refractivity contribution >= 4 is 23.5 Å². The predicted molar refractivity (Wildman–Crippen MR) is 165 cm³/mol. The second-order valence-electron chi connectivity index (χ2n) is 9.43. The minimum Gasteiger partial charge on any atom is -0.494 e. The number of aromatic nitrogens is 3. The third-order valence-corrected chi connectivity index (χ3v) is 6.64. The Morgan fingerprint density at radius 3 is 2.20 bits per heavy atom. The van der Waals surface area contributed by atoms with Gasteiger partial charge in [-0.2, -0.15) is 5.10 Å². The number of nitrogens with two attached hydrogens (primary N) is 1. The molecule has 3 rings (SSSR count). The Kier molecular flexibility index (Phi) is 14.7. The van der Waals surface area contributed by atoms with Gasteiger partial charge < -0.3 is 39.5 Å². The summed E-state index contributed by atoms with van der Waals surface area (Å²) in [7, 11) is 4.23. The van der Waals surface area contributed by atoms with Crippen molar-refractivity contribution in [2.24, 2.45) is 12.8 Å². The van der Waals surface area contributed by atoms with Crippen LogP contribution in [0.5, 0.6) is 11.6 Å². The molecule has 45 heavy (non-hydrogen) atoms. The van der Waals surface area contributed by atoms with E-state index in [9.17, 15) is 14.4 Å². The van der Waals surface area contributed by atoms with Crippen LogP contribution in [-0.4, -0.2) is 99.7 Å². The number of nitrogens with one attached hydrogen (secondary N) is 1. The van der Waals surface area contributed by atoms with Crippen molar-refractivity contribution in [1.29, 1.82) is 0 Å². The Hall–Kier alpha value is -4.08. The standard InChI is InChI=1S/C30H38ClN5O9/c1-36-29(38)26(24(40-2)19-33-36)21-6-4-20(5-7-21)18-23(30(39)41-3)34-28(37)22-8-9-25(35-27(22)31)45-17-16-44-15-14-43-13-12-42-11-10-32/h4-9,19,23H,10-18,32H2,1-3H3,(H,34,37). The van der Waals surface area contributed by atoms with Gasteiger partial charge in [0.05, 0.1) is 71.2 Å². The normalized spacial score (nSPS) is 11.6. The first kappa shape index (κ1) is 35.4. The monoisotopic (exact) mass is 647 g/mol. The lowest BCUT2D eigenvalue weighted by Crippen LogP contribution is -2.43. The van der Waals surface area contributed by atoms with E-state index in [4.69, 9.17) is 45.8 Å². The van der Waals surface area contributed by atoms with Crippen LogP contribution in [0.1, 0.15) is 15.9 Å². The van der Waals surface area contributed by atoms with E-state index in [2.05, 4.69) is 15.4 Å². The number of aryl methyl sites for hydroxylation is 1. The highest BCUT2D eigenvalue weighted by Gasteiger charge is 2.24. The number of esters is 1. The van der Waals surface area contributed by atoms with E-state index in [1.54, 1.807) is 31.3 Å². The van der Waals surface area contributed by atoms with E-state index in [1.165, 1.54) is 37.2 Å². The minimum atomic E-state index is -1.02. The summed E-state index contributed by atoms with van der Waals surface area (Å²) in [5.74, 6) is -0.721. The molecule has 1 amide bonds. The van der Waals surface area contributed by atoms with Crippen molar-refractivity contribution in [1.82, 2.24) is 20.1 Å². The molecule has 0 saturated heterocycles. The van der Waals surface area contributed by atoms with Crippen molar-refractivity contribution in [3.63, 3.8) is 0 Å². The molecular formula is C30H38ClN5O9. The van der Waals surface area contributed by atoms with Gasteiger partial charge in [-0.15, -0.1) is 0 Å². The fourth-order valence-corrected chi connectivity index (χ4v) is 4.29. The zero-order valence-electron chi connectivity index (χ0n) is 25.5. The lowest BCUT2D eigenvalue weighted by molar-refractivity contribution is -0.142. The molecular weight excluding hydrogens is 610 g/mol. The van der Waals surface area contributed by atoms with Gasteiger partial charge in [-0.05, 0) is 17.2 Å². The molecule has 0 aliphatic heterocycles. The van der Waals surface area contributed by atoms with Crippen LogP contribution in [0.2, 0.25) is 5.15 Å². The molecule has 1 unspecified atom stereocenters. The average molecular weight is 648 g/mol. The van der Waals surface area contributed by atoms with E-state index < -0.39 is 17.9 Å². The van der Waals surface area contributed by atoms with E-state index in [0.717, 1.165) is 0 Å². The van der Waals surface area contributed by atoms with Gasteiger partial charge in [0.1, 0.15) is 17.8 Å². The van der Waals surface area contributed by atoms with E-state index in [0.29, 0.717) is 68.6 Å². The summed E-state index contributed by atoms with van der Waals surface area (Å²) in [5, 5.41) is 6.53. The summed E-state index contributed by atoms with van der Waals surface area (Å²) in [5.41, 5.74) is 6.74. The maximum atomic E-state index is 13.0. The van der Waals surface area contributed by atoms with Crippen molar-refractivity contribution in [2.75, 3.05) is 67.0 Å². The Morgan fingerprint density at radius 1 is 0.956 bits per heavy atom. The maximum Gasteiger partial charge on any atom is 0.328 e. The van der Waals surface area contributed by atoms with Gasteiger partial charge in [0.2, 0.25) is 5.88 Å². The molecule has 3 aromatic rings. The highest BCUT2D eigenvalue weighted by molar-refractivity contribution is 6.32. The molecule has 0 aliphatic carbocycles. The lowest BCUT2D eigenvalue weighted by Gasteiger charge is -2.17. The molecule has 3 N–H and O–H groups in total. The van der Waals surface area contributed by atoms with Gasteiger partial charge in [-0.25, -0.2) is 14.5 Å². The van der Waals surface area contributed by atoms with Gasteiger partial charge in [0.25, 0.3) is 11.5 Å². The molecule has 0 saturated carbocycles. The van der Waals surface area contributed by atoms with Crippen LogP contribution in [0.3, 0.4) is 0 Å². The SMILES string of the molecule is COC(=O)C(Cc1ccc(-c2c(OC)cnn(C)c2=O)cc1)NC(=O)c1ccc(OCCOCCOCCOCCN)nc1Cl. The van der Waals surface area contributed by atoms with Crippen LogP contribution >= 0.6 is 11.6 Å². The number of hydrogen-bond acceptors (Lipinski definition) is 12. The number of halogens is 1. The molecule has 0 radical (unpaired) electrons. The number of carbonyl (C=O) groups is 2. The number of rotatable bonds is 19. The van der Waals surface area contributed by atoms with Gasteiger partial charge in [-0.1, -0.05) is 35.9 Å². The first-order chi connectivity index (χ1) is 21.8. The molecule has 0 aliphatic rings. The van der Waals surface area contributed by atoms with E-state index in [-0.39, 0.29) is 35.2 Å². The van der Waals surface area contributed by atoms with Crippen molar-refractivity contribution in [3.05, 3.63) is 69.2 Å². The smallest absolute Gasteiger partial charge is 0.328 e. The average Bonchev–Trinajstić information content (AvgIpc) is 3.04. The number of carbonyl (C=O) groups excluding carboxylic acids is 2. The zero-order chi connectivity index (χ0) is 32.6. The molecule has 0 spiro atoms. The molecule has 14 nitrogen and oxygen atoms in total. The molecule has 1 aromatic carbocycles. The molecule has 0 fully saturated rings. The first-order valence-corrected chi connectivity index (χ1v) is 14.5. The summed E-state index contributed by atoms with van der Waals surface area (Å²) in [6, 6.07) is 8.86. The van der Waals surface area contributed by atoms with Crippen LogP contribution in [0.15, 0.2) is 47.4 Å². The summed E-state index contributed by atoms with van der Waals surface area (Å²) in [6.07, 6.45) is 1.58. The molecule has 244 valence electrons. The maximum absolute atomic E-state index is 13.0. The van der Waals surface area contributed by atoms with Gasteiger partial charge in [0, 0.05) is 26.1 Å². The van der Waals surface area contributed by atoms with Gasteiger partial charge in [0.15, 0.2) is 5.75 Å². The Bertz CT molecular complexity index is 1450. The van der Waals surface area contributed by atoms with Gasteiger partial charge >= 0.3 is 5.97 Å². The van der Waals surface area contributed by atoms with Crippen LogP contribution in [0, 0.1) is 0 Å². The van der Waals surface area contributed by atoms with Crippen LogP contribution in [0.4, 0.5) is 0 Å². The Labute approximate surface area is 265 Å². The van der Waals surface area contributed by atoms with Crippen molar-refractivity contribution in [3.8, 4) is 22.8 Å². The summed E-state index contributed by atoms with van der Waals surface area (Å²) < 4.78 is 33.0. The van der Waals surface area contributed by atoms with Crippen molar-refractivity contribution in [2.45, 2.75) is 12.5 Å². The fourth-order valence-electron chi connectivity index (χ4n) is 4.06. The number of pyridine rings is 1. The lowest BCUT2D eigenvalue weighted by atomic mass is 10.0. The molecule has 15 heteroatoms. The highest BCUT2D eigenvalue weighted by atomic mass is 35.5. The quantitative estimate of drug-likeness (QED) is 0.109. The van der Waals surface area contributed by atoms with E-state index in [1.807, 2.05) is 0 Å². The number of ether oxygens (including phenoxy) is 6. The van der Waals surface area contributed by atoms with Gasteiger partial charge in [-0.3, -0.25) is 9.59 Å². The summed E-state index contributed by atoms with van der Waals surface area (Å²) in [4.78, 5) is 42.4. The van der Waals surface area contributed by atoms with Crippen molar-refractivity contribution < 1.29 is 38.0 Å². The highest BCUT2D eigenvalue weighted by Crippen LogP contribution is 2.26. The molecule has 2 heterocycles. The molecule has 1 atom stereocenters. The van der Waals surface area contributed by atoms with Crippen LogP contribution < -0.4 is 26.1 Å². The summed E-state index contributed by atoms with van der Waals surface area (Å²) in [6.45, 7) is 3.22. The fraction of sp³-hybridized carbons (Fsp3) is 0.433. The Balaban J connectivity index is 1.53. The summed E-state index contributed by atoms with van der Waals surface area (Å²) >= 11 is 6.27. The molecule has 0 bridgehead atoms. The second kappa shape index (κ2) is 18.7. The number of benzene rings is 1.